The summed E-state index contributed by atoms with van der Waals surface area (Å²) in [6.45, 7) is 0.0763. The molecule has 4 saturated carbocycles. The molecule has 0 aromatic rings. The Kier molecular flexibility index (Phi) is 1.97. The maximum Gasteiger partial charge on any atom is 0.174 e. The predicted molar refractivity (Wildman–Crippen MR) is 56.6 cm³/mol. The van der Waals surface area contributed by atoms with E-state index in [0.29, 0.717) is 18.4 Å². The van der Waals surface area contributed by atoms with Gasteiger partial charge in [-0.1, -0.05) is 0 Å². The van der Waals surface area contributed by atoms with Crippen molar-refractivity contribution in [3.8, 4) is 0 Å². The monoisotopic (exact) mass is 226 g/mol. The standard InChI is InChI=1S/C13H19FO2/c14-6-12-7-15-13(16-12)10-2-8-1-9(4-10)5-11(13)3-8/h8-12H,1-7H2. The van der Waals surface area contributed by atoms with Gasteiger partial charge in [0.05, 0.1) is 6.61 Å². The zero-order valence-corrected chi connectivity index (χ0v) is 9.53. The minimum absolute atomic E-state index is 0.294. The van der Waals surface area contributed by atoms with Crippen LogP contribution in [0.25, 0.3) is 0 Å². The highest BCUT2D eigenvalue weighted by Crippen LogP contribution is 2.61. The molecule has 1 heterocycles. The molecule has 1 aliphatic heterocycles. The molecule has 90 valence electrons. The van der Waals surface area contributed by atoms with Crippen LogP contribution in [0.1, 0.15) is 32.1 Å². The van der Waals surface area contributed by atoms with E-state index in [1.165, 1.54) is 32.1 Å². The predicted octanol–water partition coefficient (Wildman–Crippen LogP) is 2.52. The minimum Gasteiger partial charge on any atom is -0.347 e. The second-order valence-corrected chi connectivity index (χ2v) is 6.23. The van der Waals surface area contributed by atoms with Crippen molar-refractivity contribution in [1.29, 1.82) is 0 Å². The fourth-order valence-electron chi connectivity index (χ4n) is 4.90. The van der Waals surface area contributed by atoms with Crippen molar-refractivity contribution in [3.63, 3.8) is 0 Å². The Morgan fingerprint density at radius 3 is 2.12 bits per heavy atom. The molecule has 1 saturated heterocycles. The third kappa shape index (κ3) is 1.14. The SMILES string of the molecule is FCC1COC2(O1)C1CC3CC(C1)CC2C3. The summed E-state index contributed by atoms with van der Waals surface area (Å²) < 4.78 is 24.6. The average molecular weight is 226 g/mol. The number of rotatable bonds is 1. The van der Waals surface area contributed by atoms with E-state index < -0.39 is 6.67 Å². The molecule has 1 unspecified atom stereocenters. The number of alkyl halides is 1. The van der Waals surface area contributed by atoms with Crippen molar-refractivity contribution >= 4 is 0 Å². The summed E-state index contributed by atoms with van der Waals surface area (Å²) >= 11 is 0. The molecule has 0 aromatic heterocycles. The number of hydrogen-bond donors (Lipinski definition) is 0. The maximum absolute atomic E-state index is 12.7. The molecule has 0 radical (unpaired) electrons. The summed E-state index contributed by atoms with van der Waals surface area (Å²) in [5.74, 6) is 2.56. The molecule has 16 heavy (non-hydrogen) atoms. The molecule has 2 nitrogen and oxygen atoms in total. The van der Waals surface area contributed by atoms with Gasteiger partial charge in [0.2, 0.25) is 0 Å². The topological polar surface area (TPSA) is 18.5 Å². The second kappa shape index (κ2) is 3.20. The van der Waals surface area contributed by atoms with E-state index >= 15 is 0 Å². The molecular formula is C13H19FO2. The first-order valence-electron chi connectivity index (χ1n) is 6.68. The summed E-state index contributed by atoms with van der Waals surface area (Å²) in [7, 11) is 0. The minimum atomic E-state index is -0.395. The van der Waals surface area contributed by atoms with E-state index in [2.05, 4.69) is 0 Å². The molecular weight excluding hydrogens is 207 g/mol. The smallest absolute Gasteiger partial charge is 0.174 e. The van der Waals surface area contributed by atoms with Gasteiger partial charge < -0.3 is 9.47 Å². The number of hydrogen-bond acceptors (Lipinski definition) is 2. The molecule has 5 fully saturated rings. The van der Waals surface area contributed by atoms with E-state index in [0.717, 1.165) is 11.8 Å². The van der Waals surface area contributed by atoms with Gasteiger partial charge in [-0.3, -0.25) is 0 Å². The lowest BCUT2D eigenvalue weighted by molar-refractivity contribution is -0.294. The first-order valence-corrected chi connectivity index (χ1v) is 6.68. The molecule has 3 heteroatoms. The van der Waals surface area contributed by atoms with Gasteiger partial charge in [0, 0.05) is 11.8 Å². The highest BCUT2D eigenvalue weighted by molar-refractivity contribution is 5.05. The average Bonchev–Trinajstić information content (AvgIpc) is 2.70. The molecule has 0 aromatic carbocycles. The molecule has 1 atom stereocenters. The summed E-state index contributed by atoms with van der Waals surface area (Å²) in [4.78, 5) is 0. The van der Waals surface area contributed by atoms with Gasteiger partial charge in [-0.15, -0.1) is 0 Å². The fourth-order valence-corrected chi connectivity index (χ4v) is 4.90. The Morgan fingerprint density at radius 1 is 1.00 bits per heavy atom. The summed E-state index contributed by atoms with van der Waals surface area (Å²) in [5.41, 5.74) is 0. The van der Waals surface area contributed by atoms with Crippen molar-refractivity contribution in [1.82, 2.24) is 0 Å². The quantitative estimate of drug-likeness (QED) is 0.684. The Morgan fingerprint density at radius 2 is 1.62 bits per heavy atom. The van der Waals surface area contributed by atoms with E-state index in [1.807, 2.05) is 0 Å². The van der Waals surface area contributed by atoms with Crippen LogP contribution in [0.5, 0.6) is 0 Å². The van der Waals surface area contributed by atoms with Crippen LogP contribution in [0.15, 0.2) is 0 Å². The number of ether oxygens (including phenoxy) is 2. The van der Waals surface area contributed by atoms with Crippen LogP contribution in [0.2, 0.25) is 0 Å². The zero-order valence-electron chi connectivity index (χ0n) is 9.53. The van der Waals surface area contributed by atoms with E-state index in [-0.39, 0.29) is 11.9 Å². The van der Waals surface area contributed by atoms with Crippen molar-refractivity contribution in [2.75, 3.05) is 13.3 Å². The van der Waals surface area contributed by atoms with Crippen molar-refractivity contribution in [2.45, 2.75) is 44.0 Å². The van der Waals surface area contributed by atoms with Gasteiger partial charge in [-0.2, -0.15) is 0 Å². The Bertz CT molecular complexity index is 276. The third-order valence-corrected chi connectivity index (χ3v) is 5.29. The molecule has 4 aliphatic carbocycles. The maximum atomic E-state index is 12.7. The van der Waals surface area contributed by atoms with Crippen molar-refractivity contribution < 1.29 is 13.9 Å². The number of halogens is 1. The zero-order chi connectivity index (χ0) is 10.8. The van der Waals surface area contributed by atoms with E-state index in [1.54, 1.807) is 0 Å². The van der Waals surface area contributed by atoms with Crippen molar-refractivity contribution in [2.24, 2.45) is 23.7 Å². The normalized spacial score (nSPS) is 58.7. The van der Waals surface area contributed by atoms with Crippen LogP contribution >= 0.6 is 0 Å². The largest absolute Gasteiger partial charge is 0.347 e. The van der Waals surface area contributed by atoms with Gasteiger partial charge in [-0.05, 0) is 43.9 Å². The highest BCUT2D eigenvalue weighted by Gasteiger charge is 2.61. The van der Waals surface area contributed by atoms with Crippen molar-refractivity contribution in [3.05, 3.63) is 0 Å². The molecule has 0 amide bonds. The lowest BCUT2D eigenvalue weighted by atomic mass is 9.53. The lowest BCUT2D eigenvalue weighted by Crippen LogP contribution is -2.58. The third-order valence-electron chi connectivity index (χ3n) is 5.29. The van der Waals surface area contributed by atoms with Gasteiger partial charge in [-0.25, -0.2) is 4.39 Å². The van der Waals surface area contributed by atoms with Gasteiger partial charge >= 0.3 is 0 Å². The summed E-state index contributed by atoms with van der Waals surface area (Å²) in [6.07, 6.45) is 6.16. The molecule has 5 rings (SSSR count). The first-order chi connectivity index (χ1) is 7.80. The fraction of sp³-hybridized carbons (Fsp3) is 1.00. The first kappa shape index (κ1) is 9.84. The Labute approximate surface area is 95.5 Å². The van der Waals surface area contributed by atoms with E-state index in [4.69, 9.17) is 9.47 Å². The Balaban J connectivity index is 1.64. The molecule has 0 N–H and O–H groups in total. The van der Waals surface area contributed by atoms with Crippen LogP contribution < -0.4 is 0 Å². The molecule has 4 bridgehead atoms. The Hall–Kier alpha value is -0.150. The van der Waals surface area contributed by atoms with Crippen LogP contribution in [0.4, 0.5) is 4.39 Å². The lowest BCUT2D eigenvalue weighted by Gasteiger charge is -2.58. The van der Waals surface area contributed by atoms with Crippen LogP contribution in [0, 0.1) is 23.7 Å². The second-order valence-electron chi connectivity index (χ2n) is 6.23. The summed E-state index contributed by atoms with van der Waals surface area (Å²) in [5, 5.41) is 0. The van der Waals surface area contributed by atoms with Gasteiger partial charge in [0.25, 0.3) is 0 Å². The highest BCUT2D eigenvalue weighted by atomic mass is 19.1. The van der Waals surface area contributed by atoms with Gasteiger partial charge in [0.15, 0.2) is 5.79 Å². The van der Waals surface area contributed by atoms with E-state index in [9.17, 15) is 4.39 Å². The van der Waals surface area contributed by atoms with Crippen LogP contribution in [0.3, 0.4) is 0 Å². The molecule has 5 aliphatic rings. The molecule has 1 spiro atoms. The van der Waals surface area contributed by atoms with Crippen LogP contribution in [-0.2, 0) is 9.47 Å². The van der Waals surface area contributed by atoms with Crippen LogP contribution in [-0.4, -0.2) is 25.2 Å². The summed E-state index contributed by atoms with van der Waals surface area (Å²) in [6, 6.07) is 0. The van der Waals surface area contributed by atoms with Gasteiger partial charge in [0.1, 0.15) is 12.8 Å².